The SMILES string of the molecule is CC1(C)CS(=O)(=O)N(c2ccc(Cl)c(C(=O)NC3CCS(=O)(=O)C3)c2)C1=O. The highest BCUT2D eigenvalue weighted by atomic mass is 35.5. The molecule has 148 valence electrons. The predicted octanol–water partition coefficient (Wildman–Crippen LogP) is 0.960. The van der Waals surface area contributed by atoms with Crippen molar-refractivity contribution in [1.29, 1.82) is 0 Å². The average Bonchev–Trinajstić information content (AvgIpc) is 2.93. The topological polar surface area (TPSA) is 118 Å². The molecule has 1 atom stereocenters. The standard InChI is InChI=1S/C16H19ClN2O6S2/c1-16(2)9-27(24,25)19(15(16)21)11-3-4-13(17)12(7-11)14(20)18-10-5-6-26(22,23)8-10/h3-4,7,10H,5-6,8-9H2,1-2H3,(H,18,20). The molecule has 2 amide bonds. The van der Waals surface area contributed by atoms with E-state index in [9.17, 15) is 26.4 Å². The van der Waals surface area contributed by atoms with E-state index in [1.165, 1.54) is 32.0 Å². The number of carbonyl (C=O) groups is 2. The minimum Gasteiger partial charge on any atom is -0.348 e. The Kier molecular flexibility index (Phi) is 4.80. The molecule has 8 nitrogen and oxygen atoms in total. The maximum absolute atomic E-state index is 12.5. The lowest BCUT2D eigenvalue weighted by atomic mass is 9.95. The van der Waals surface area contributed by atoms with Crippen molar-refractivity contribution in [2.24, 2.45) is 5.41 Å². The quantitative estimate of drug-likeness (QED) is 0.757. The van der Waals surface area contributed by atoms with Gasteiger partial charge in [0, 0.05) is 6.04 Å². The molecule has 3 rings (SSSR count). The van der Waals surface area contributed by atoms with Gasteiger partial charge in [0.1, 0.15) is 0 Å². The molecule has 0 aliphatic carbocycles. The predicted molar refractivity (Wildman–Crippen MR) is 101 cm³/mol. The van der Waals surface area contributed by atoms with Crippen LogP contribution in [0.5, 0.6) is 0 Å². The molecular weight excluding hydrogens is 416 g/mol. The van der Waals surface area contributed by atoms with E-state index in [1.807, 2.05) is 0 Å². The van der Waals surface area contributed by atoms with Gasteiger partial charge in [-0.1, -0.05) is 11.6 Å². The zero-order valence-corrected chi connectivity index (χ0v) is 17.1. The first kappa shape index (κ1) is 20.1. The molecule has 2 heterocycles. The largest absolute Gasteiger partial charge is 0.348 e. The fourth-order valence-corrected chi connectivity index (χ4v) is 7.22. The minimum atomic E-state index is -3.86. The number of hydrogen-bond acceptors (Lipinski definition) is 6. The number of carbonyl (C=O) groups excluding carboxylic acids is 2. The van der Waals surface area contributed by atoms with Gasteiger partial charge < -0.3 is 5.32 Å². The number of sulfone groups is 1. The second-order valence-electron chi connectivity index (χ2n) is 7.45. The molecule has 0 saturated carbocycles. The molecule has 2 aliphatic rings. The number of hydrogen-bond donors (Lipinski definition) is 1. The van der Waals surface area contributed by atoms with Gasteiger partial charge in [0.25, 0.3) is 5.91 Å². The van der Waals surface area contributed by atoms with Crippen molar-refractivity contribution in [1.82, 2.24) is 5.32 Å². The van der Waals surface area contributed by atoms with E-state index in [0.29, 0.717) is 10.7 Å². The maximum Gasteiger partial charge on any atom is 0.253 e. The van der Waals surface area contributed by atoms with E-state index in [2.05, 4.69) is 5.32 Å². The molecule has 1 N–H and O–H groups in total. The van der Waals surface area contributed by atoms with Crippen LogP contribution >= 0.6 is 11.6 Å². The number of halogens is 1. The van der Waals surface area contributed by atoms with Gasteiger partial charge in [0.2, 0.25) is 15.9 Å². The fourth-order valence-electron chi connectivity index (χ4n) is 3.25. The van der Waals surface area contributed by atoms with Crippen LogP contribution in [0.15, 0.2) is 18.2 Å². The molecule has 0 spiro atoms. The second-order valence-corrected chi connectivity index (χ2v) is 11.9. The van der Waals surface area contributed by atoms with Crippen LogP contribution in [0.3, 0.4) is 0 Å². The van der Waals surface area contributed by atoms with Gasteiger partial charge in [-0.25, -0.2) is 21.1 Å². The highest BCUT2D eigenvalue weighted by Gasteiger charge is 2.50. The van der Waals surface area contributed by atoms with E-state index in [-0.39, 0.29) is 33.5 Å². The number of sulfonamides is 1. The summed E-state index contributed by atoms with van der Waals surface area (Å²) in [5.41, 5.74) is -1.07. The Morgan fingerprint density at radius 2 is 1.93 bits per heavy atom. The smallest absolute Gasteiger partial charge is 0.253 e. The summed E-state index contributed by atoms with van der Waals surface area (Å²) in [6, 6.07) is 3.40. The average molecular weight is 435 g/mol. The van der Waals surface area contributed by atoms with E-state index >= 15 is 0 Å². The van der Waals surface area contributed by atoms with Crippen LogP contribution in [0.2, 0.25) is 5.02 Å². The Bertz CT molecular complexity index is 1030. The highest BCUT2D eigenvalue weighted by molar-refractivity contribution is 7.94. The summed E-state index contributed by atoms with van der Waals surface area (Å²) in [5.74, 6) is -1.68. The third kappa shape index (κ3) is 3.83. The van der Waals surface area contributed by atoms with Crippen molar-refractivity contribution < 1.29 is 26.4 Å². The third-order valence-electron chi connectivity index (χ3n) is 4.58. The molecule has 0 aromatic heterocycles. The number of amides is 2. The van der Waals surface area contributed by atoms with Crippen molar-refractivity contribution in [3.8, 4) is 0 Å². The molecule has 2 saturated heterocycles. The lowest BCUT2D eigenvalue weighted by Gasteiger charge is -2.19. The first-order valence-corrected chi connectivity index (χ1v) is 12.0. The van der Waals surface area contributed by atoms with Crippen molar-refractivity contribution in [3.63, 3.8) is 0 Å². The summed E-state index contributed by atoms with van der Waals surface area (Å²) in [4.78, 5) is 25.0. The molecule has 1 aromatic rings. The van der Waals surface area contributed by atoms with Crippen LogP contribution in [-0.2, 0) is 24.7 Å². The maximum atomic E-state index is 12.5. The molecular formula is C16H19ClN2O6S2. The first-order valence-electron chi connectivity index (χ1n) is 8.21. The molecule has 27 heavy (non-hydrogen) atoms. The zero-order chi connectivity index (χ0) is 20.2. The number of rotatable bonds is 3. The zero-order valence-electron chi connectivity index (χ0n) is 14.7. The number of nitrogens with zero attached hydrogens (tertiary/aromatic N) is 1. The third-order valence-corrected chi connectivity index (χ3v) is 8.70. The van der Waals surface area contributed by atoms with Crippen LogP contribution in [0.25, 0.3) is 0 Å². The van der Waals surface area contributed by atoms with Crippen molar-refractivity contribution in [3.05, 3.63) is 28.8 Å². The molecule has 0 radical (unpaired) electrons. The molecule has 0 bridgehead atoms. The van der Waals surface area contributed by atoms with Gasteiger partial charge in [-0.3, -0.25) is 9.59 Å². The van der Waals surface area contributed by atoms with Crippen molar-refractivity contribution in [2.75, 3.05) is 21.6 Å². The lowest BCUT2D eigenvalue weighted by Crippen LogP contribution is -2.36. The fraction of sp³-hybridized carbons (Fsp3) is 0.500. The van der Waals surface area contributed by atoms with Crippen molar-refractivity contribution in [2.45, 2.75) is 26.3 Å². The van der Waals surface area contributed by atoms with E-state index < -0.39 is 43.1 Å². The van der Waals surface area contributed by atoms with Crippen LogP contribution < -0.4 is 9.62 Å². The molecule has 2 fully saturated rings. The van der Waals surface area contributed by atoms with Gasteiger partial charge in [-0.2, -0.15) is 0 Å². The van der Waals surface area contributed by atoms with Gasteiger partial charge >= 0.3 is 0 Å². The normalized spacial score (nSPS) is 25.5. The van der Waals surface area contributed by atoms with Gasteiger partial charge in [0.15, 0.2) is 9.84 Å². The Morgan fingerprint density at radius 3 is 2.44 bits per heavy atom. The summed E-state index contributed by atoms with van der Waals surface area (Å²) >= 11 is 6.07. The van der Waals surface area contributed by atoms with Crippen LogP contribution in [0, 0.1) is 5.41 Å². The summed E-state index contributed by atoms with van der Waals surface area (Å²) < 4.78 is 48.6. The van der Waals surface area contributed by atoms with Gasteiger partial charge in [-0.05, 0) is 38.5 Å². The first-order chi connectivity index (χ1) is 12.3. The van der Waals surface area contributed by atoms with Gasteiger partial charge in [-0.15, -0.1) is 0 Å². The monoisotopic (exact) mass is 434 g/mol. The summed E-state index contributed by atoms with van der Waals surface area (Å²) in [7, 11) is -7.03. The Balaban J connectivity index is 1.91. The van der Waals surface area contributed by atoms with E-state index in [1.54, 1.807) is 0 Å². The molecule has 1 unspecified atom stereocenters. The van der Waals surface area contributed by atoms with E-state index in [0.717, 1.165) is 0 Å². The minimum absolute atomic E-state index is 0.00131. The van der Waals surface area contributed by atoms with Crippen LogP contribution in [0.1, 0.15) is 30.6 Å². The number of nitrogens with one attached hydrogen (secondary N) is 1. The lowest BCUT2D eigenvalue weighted by molar-refractivity contribution is -0.123. The Morgan fingerprint density at radius 1 is 1.26 bits per heavy atom. The van der Waals surface area contributed by atoms with Gasteiger partial charge in [0.05, 0.1) is 38.9 Å². The van der Waals surface area contributed by atoms with Crippen LogP contribution in [0.4, 0.5) is 5.69 Å². The molecule has 11 heteroatoms. The number of anilines is 1. The summed E-state index contributed by atoms with van der Waals surface area (Å²) in [6.07, 6.45) is 0.304. The van der Waals surface area contributed by atoms with Crippen LogP contribution in [-0.4, -0.2) is 52.0 Å². The second kappa shape index (κ2) is 6.46. The highest BCUT2D eigenvalue weighted by Crippen LogP contribution is 2.37. The molecule has 1 aromatic carbocycles. The Hall–Kier alpha value is -1.65. The number of benzene rings is 1. The molecule has 2 aliphatic heterocycles. The van der Waals surface area contributed by atoms with E-state index in [4.69, 9.17) is 11.6 Å². The summed E-state index contributed by atoms with van der Waals surface area (Å²) in [6.45, 7) is 3.08. The Labute approximate surface area is 162 Å². The summed E-state index contributed by atoms with van der Waals surface area (Å²) in [5, 5.41) is 2.67. The van der Waals surface area contributed by atoms with Crippen molar-refractivity contribution >= 4 is 49.0 Å².